The zero-order chi connectivity index (χ0) is 17.6. The molecule has 0 radical (unpaired) electrons. The molecule has 3 N–H and O–H groups in total. The summed E-state index contributed by atoms with van der Waals surface area (Å²) in [7, 11) is 0. The SMILES string of the molecule is O=C(Nc1cccc(NC(=O)N2CCC(CCO)C2)c1)c1ccoc1. The van der Waals surface area contributed by atoms with E-state index in [1.807, 2.05) is 0 Å². The number of aliphatic hydroxyl groups is 1. The molecule has 132 valence electrons. The number of rotatable bonds is 5. The molecular formula is C18H21N3O4. The number of hydrogen-bond acceptors (Lipinski definition) is 4. The average molecular weight is 343 g/mol. The Kier molecular flexibility index (Phi) is 5.35. The Morgan fingerprint density at radius 2 is 2.04 bits per heavy atom. The van der Waals surface area contributed by atoms with Gasteiger partial charge in [-0.1, -0.05) is 6.07 Å². The summed E-state index contributed by atoms with van der Waals surface area (Å²) in [5, 5.41) is 14.6. The van der Waals surface area contributed by atoms with Gasteiger partial charge in [-0.05, 0) is 43.0 Å². The summed E-state index contributed by atoms with van der Waals surface area (Å²) in [5.74, 6) is 0.0833. The van der Waals surface area contributed by atoms with E-state index >= 15 is 0 Å². The molecule has 2 heterocycles. The Morgan fingerprint density at radius 1 is 1.24 bits per heavy atom. The highest BCUT2D eigenvalue weighted by Gasteiger charge is 2.25. The van der Waals surface area contributed by atoms with Crippen LogP contribution in [0, 0.1) is 5.92 Å². The van der Waals surface area contributed by atoms with Crippen LogP contribution in [0.3, 0.4) is 0 Å². The summed E-state index contributed by atoms with van der Waals surface area (Å²) in [6.07, 6.45) is 4.44. The Labute approximate surface area is 145 Å². The second-order valence-corrected chi connectivity index (χ2v) is 6.09. The van der Waals surface area contributed by atoms with Crippen molar-refractivity contribution in [2.24, 2.45) is 5.92 Å². The number of furan rings is 1. The Balaban J connectivity index is 1.58. The second-order valence-electron chi connectivity index (χ2n) is 6.09. The molecule has 0 aliphatic carbocycles. The van der Waals surface area contributed by atoms with Gasteiger partial charge in [0, 0.05) is 31.1 Å². The largest absolute Gasteiger partial charge is 0.472 e. The number of benzene rings is 1. The lowest BCUT2D eigenvalue weighted by molar-refractivity contribution is 0.102. The molecule has 0 spiro atoms. The molecule has 0 bridgehead atoms. The minimum atomic E-state index is -0.274. The topological polar surface area (TPSA) is 94.8 Å². The van der Waals surface area contributed by atoms with Crippen molar-refractivity contribution in [3.63, 3.8) is 0 Å². The van der Waals surface area contributed by atoms with E-state index in [-0.39, 0.29) is 18.5 Å². The Hall–Kier alpha value is -2.80. The van der Waals surface area contributed by atoms with Crippen LogP contribution >= 0.6 is 0 Å². The zero-order valence-electron chi connectivity index (χ0n) is 13.8. The molecule has 3 rings (SSSR count). The lowest BCUT2D eigenvalue weighted by Crippen LogP contribution is -2.33. The van der Waals surface area contributed by atoms with E-state index in [1.165, 1.54) is 12.5 Å². The fourth-order valence-electron chi connectivity index (χ4n) is 2.91. The summed E-state index contributed by atoms with van der Waals surface area (Å²) < 4.78 is 4.89. The normalized spacial score (nSPS) is 16.7. The van der Waals surface area contributed by atoms with E-state index in [0.717, 1.165) is 12.8 Å². The molecule has 25 heavy (non-hydrogen) atoms. The molecule has 1 aliphatic heterocycles. The van der Waals surface area contributed by atoms with Crippen molar-refractivity contribution in [2.45, 2.75) is 12.8 Å². The maximum atomic E-state index is 12.3. The van der Waals surface area contributed by atoms with Gasteiger partial charge >= 0.3 is 6.03 Å². The van der Waals surface area contributed by atoms with Gasteiger partial charge in [-0.2, -0.15) is 0 Å². The van der Waals surface area contributed by atoms with Crippen molar-refractivity contribution in [2.75, 3.05) is 30.3 Å². The van der Waals surface area contributed by atoms with Crippen molar-refractivity contribution >= 4 is 23.3 Å². The average Bonchev–Trinajstić information content (AvgIpc) is 3.27. The summed E-state index contributed by atoms with van der Waals surface area (Å²) >= 11 is 0. The molecule has 2 aromatic rings. The van der Waals surface area contributed by atoms with Crippen molar-refractivity contribution in [3.8, 4) is 0 Å². The fraction of sp³-hybridized carbons (Fsp3) is 0.333. The van der Waals surface area contributed by atoms with Crippen molar-refractivity contribution < 1.29 is 19.1 Å². The molecule has 1 aromatic carbocycles. The van der Waals surface area contributed by atoms with Crippen LogP contribution in [0.1, 0.15) is 23.2 Å². The van der Waals surface area contributed by atoms with Crippen LogP contribution in [0.4, 0.5) is 16.2 Å². The van der Waals surface area contributed by atoms with Gasteiger partial charge in [0.15, 0.2) is 0 Å². The predicted octanol–water partition coefficient (Wildman–Crippen LogP) is 2.77. The first-order valence-electron chi connectivity index (χ1n) is 8.26. The third-order valence-electron chi connectivity index (χ3n) is 4.27. The number of carbonyl (C=O) groups excluding carboxylic acids is 2. The number of aliphatic hydroxyl groups excluding tert-OH is 1. The molecule has 3 amide bonds. The minimum absolute atomic E-state index is 0.151. The third kappa shape index (κ3) is 4.39. The number of nitrogens with one attached hydrogen (secondary N) is 2. The minimum Gasteiger partial charge on any atom is -0.472 e. The van der Waals surface area contributed by atoms with Gasteiger partial charge in [0.05, 0.1) is 11.8 Å². The van der Waals surface area contributed by atoms with E-state index in [0.29, 0.717) is 35.9 Å². The van der Waals surface area contributed by atoms with E-state index in [4.69, 9.17) is 9.52 Å². The molecule has 1 unspecified atom stereocenters. The number of amides is 3. The number of anilines is 2. The smallest absolute Gasteiger partial charge is 0.321 e. The van der Waals surface area contributed by atoms with Crippen LogP contribution < -0.4 is 10.6 Å². The maximum absolute atomic E-state index is 12.3. The van der Waals surface area contributed by atoms with E-state index in [1.54, 1.807) is 35.2 Å². The van der Waals surface area contributed by atoms with Gasteiger partial charge in [-0.15, -0.1) is 0 Å². The third-order valence-corrected chi connectivity index (χ3v) is 4.27. The molecule has 7 heteroatoms. The Bertz CT molecular complexity index is 730. The molecular weight excluding hydrogens is 322 g/mol. The van der Waals surface area contributed by atoms with Gasteiger partial charge in [-0.25, -0.2) is 4.79 Å². The van der Waals surface area contributed by atoms with Crippen molar-refractivity contribution in [1.29, 1.82) is 0 Å². The van der Waals surface area contributed by atoms with Crippen LogP contribution in [0.25, 0.3) is 0 Å². The van der Waals surface area contributed by atoms with E-state index in [2.05, 4.69) is 10.6 Å². The lowest BCUT2D eigenvalue weighted by atomic mass is 10.1. The summed E-state index contributed by atoms with van der Waals surface area (Å²) in [4.78, 5) is 26.1. The van der Waals surface area contributed by atoms with E-state index < -0.39 is 0 Å². The van der Waals surface area contributed by atoms with Gasteiger partial charge in [0.2, 0.25) is 0 Å². The van der Waals surface area contributed by atoms with E-state index in [9.17, 15) is 9.59 Å². The maximum Gasteiger partial charge on any atom is 0.321 e. The van der Waals surface area contributed by atoms with Crippen molar-refractivity contribution in [3.05, 3.63) is 48.4 Å². The molecule has 1 saturated heterocycles. The standard InChI is InChI=1S/C18H21N3O4/c22-8-5-13-4-7-21(11-13)18(24)20-16-3-1-2-15(10-16)19-17(23)14-6-9-25-12-14/h1-3,6,9-10,12-13,22H,4-5,7-8,11H2,(H,19,23)(H,20,24). The van der Waals surface area contributed by atoms with Crippen LogP contribution in [0.2, 0.25) is 0 Å². The van der Waals surface area contributed by atoms with Crippen LogP contribution in [0.15, 0.2) is 47.3 Å². The van der Waals surface area contributed by atoms with Gasteiger partial charge in [-0.3, -0.25) is 4.79 Å². The number of nitrogens with zero attached hydrogens (tertiary/aromatic N) is 1. The molecule has 1 fully saturated rings. The first kappa shape index (κ1) is 17.0. The number of likely N-dealkylation sites (tertiary alicyclic amines) is 1. The highest BCUT2D eigenvalue weighted by atomic mass is 16.3. The number of carbonyl (C=O) groups is 2. The van der Waals surface area contributed by atoms with Gasteiger partial charge < -0.3 is 25.1 Å². The van der Waals surface area contributed by atoms with Crippen molar-refractivity contribution in [1.82, 2.24) is 4.90 Å². The lowest BCUT2D eigenvalue weighted by Gasteiger charge is -2.17. The molecule has 1 atom stereocenters. The van der Waals surface area contributed by atoms with Crippen LogP contribution in [-0.4, -0.2) is 41.6 Å². The Morgan fingerprint density at radius 3 is 2.76 bits per heavy atom. The number of hydrogen-bond donors (Lipinski definition) is 3. The second kappa shape index (κ2) is 7.85. The fourth-order valence-corrected chi connectivity index (χ4v) is 2.91. The first-order valence-corrected chi connectivity index (χ1v) is 8.26. The summed E-state index contributed by atoms with van der Waals surface area (Å²) in [6.45, 7) is 1.50. The van der Waals surface area contributed by atoms with Gasteiger partial charge in [0.25, 0.3) is 5.91 Å². The first-order chi connectivity index (χ1) is 12.2. The molecule has 7 nitrogen and oxygen atoms in total. The molecule has 1 aliphatic rings. The highest BCUT2D eigenvalue weighted by molar-refractivity contribution is 6.04. The van der Waals surface area contributed by atoms with Crippen LogP contribution in [0.5, 0.6) is 0 Å². The highest BCUT2D eigenvalue weighted by Crippen LogP contribution is 2.21. The van der Waals surface area contributed by atoms with Gasteiger partial charge in [0.1, 0.15) is 6.26 Å². The number of urea groups is 1. The predicted molar refractivity (Wildman–Crippen MR) is 93.5 cm³/mol. The zero-order valence-corrected chi connectivity index (χ0v) is 13.8. The summed E-state index contributed by atoms with van der Waals surface area (Å²) in [5.41, 5.74) is 1.63. The molecule has 0 saturated carbocycles. The molecule has 1 aromatic heterocycles. The quantitative estimate of drug-likeness (QED) is 0.778. The summed E-state index contributed by atoms with van der Waals surface area (Å²) in [6, 6.07) is 8.40. The van der Waals surface area contributed by atoms with Crippen LogP contribution in [-0.2, 0) is 0 Å². The monoisotopic (exact) mass is 343 g/mol.